The quantitative estimate of drug-likeness (QED) is 0.279. The molecule has 8 heteroatoms. The third-order valence-electron chi connectivity index (χ3n) is 5.21. The smallest absolute Gasteiger partial charge is 0.305 e. The molecule has 1 fully saturated rings. The molecule has 0 aliphatic carbocycles. The van der Waals surface area contributed by atoms with Gasteiger partial charge < -0.3 is 19.9 Å². The maximum atomic E-state index is 12.6. The van der Waals surface area contributed by atoms with Crippen LogP contribution in [0, 0.1) is 0 Å². The Bertz CT molecular complexity index is 718. The minimum absolute atomic E-state index is 0.131. The Morgan fingerprint density at radius 2 is 1.80 bits per heavy atom. The highest BCUT2D eigenvalue weighted by molar-refractivity contribution is 6.30. The maximum absolute atomic E-state index is 12.6. The number of ether oxygens (including phenoxy) is 1. The average Bonchev–Trinajstić information content (AvgIpc) is 2.75. The topological polar surface area (TPSA) is 74.2 Å². The van der Waals surface area contributed by atoms with Crippen molar-refractivity contribution in [2.24, 2.45) is 4.99 Å². The molecule has 0 radical (unpaired) electrons. The standard InChI is InChI=1S/C22H33ClN4O3/c1-24-22(25-11-6-4-3-5-10-21(29)30-2)27-14-12-26(13-15-27)20(28)17-18-8-7-9-19(23)16-18/h7-9,16H,3-6,10-15,17H2,1-2H3,(H,24,25). The number of unbranched alkanes of at least 4 members (excludes halogenated alkanes) is 3. The van der Waals surface area contributed by atoms with E-state index in [0.29, 0.717) is 31.0 Å². The Kier molecular flexibility index (Phi) is 10.5. The molecule has 0 bridgehead atoms. The summed E-state index contributed by atoms with van der Waals surface area (Å²) in [5, 5.41) is 4.06. The SMILES string of the molecule is CN=C(NCCCCCCC(=O)OC)N1CCN(C(=O)Cc2cccc(Cl)c2)CC1. The van der Waals surface area contributed by atoms with Crippen molar-refractivity contribution in [2.75, 3.05) is 46.9 Å². The number of carbonyl (C=O) groups excluding carboxylic acids is 2. The predicted octanol–water partition coefficient (Wildman–Crippen LogP) is 2.73. The molecule has 0 saturated carbocycles. The number of hydrogen-bond acceptors (Lipinski definition) is 4. The summed E-state index contributed by atoms with van der Waals surface area (Å²) in [4.78, 5) is 32.1. The number of esters is 1. The van der Waals surface area contributed by atoms with Crippen molar-refractivity contribution in [2.45, 2.75) is 38.5 Å². The predicted molar refractivity (Wildman–Crippen MR) is 120 cm³/mol. The Labute approximate surface area is 184 Å². The second kappa shape index (κ2) is 13.1. The number of aliphatic imine (C=N–C) groups is 1. The molecule has 1 aromatic carbocycles. The summed E-state index contributed by atoms with van der Waals surface area (Å²) in [6.07, 6.45) is 4.84. The molecule has 0 atom stereocenters. The molecule has 1 aliphatic heterocycles. The van der Waals surface area contributed by atoms with Gasteiger partial charge in [-0.25, -0.2) is 0 Å². The van der Waals surface area contributed by atoms with Crippen LogP contribution in [-0.2, 0) is 20.7 Å². The molecule has 0 spiro atoms. The molecule has 1 saturated heterocycles. The van der Waals surface area contributed by atoms with Crippen molar-refractivity contribution in [1.29, 1.82) is 0 Å². The zero-order chi connectivity index (χ0) is 21.8. The van der Waals surface area contributed by atoms with Gasteiger partial charge in [0.1, 0.15) is 0 Å². The number of nitrogens with one attached hydrogen (secondary N) is 1. The van der Waals surface area contributed by atoms with Crippen LogP contribution in [0.15, 0.2) is 29.3 Å². The highest BCUT2D eigenvalue weighted by atomic mass is 35.5. The summed E-state index contributed by atoms with van der Waals surface area (Å²) in [5.41, 5.74) is 0.944. The number of carbonyl (C=O) groups is 2. The van der Waals surface area contributed by atoms with Crippen molar-refractivity contribution in [3.8, 4) is 0 Å². The van der Waals surface area contributed by atoms with Crippen LogP contribution in [-0.4, -0.2) is 74.5 Å². The third kappa shape index (κ3) is 8.22. The number of methoxy groups -OCH3 is 1. The van der Waals surface area contributed by atoms with Crippen LogP contribution in [0.3, 0.4) is 0 Å². The van der Waals surface area contributed by atoms with Gasteiger partial charge in [0.2, 0.25) is 5.91 Å². The third-order valence-corrected chi connectivity index (χ3v) is 5.44. The van der Waals surface area contributed by atoms with Crippen LogP contribution < -0.4 is 5.32 Å². The van der Waals surface area contributed by atoms with Gasteiger partial charge in [-0.05, 0) is 30.5 Å². The Morgan fingerprint density at radius 3 is 2.47 bits per heavy atom. The molecule has 7 nitrogen and oxygen atoms in total. The van der Waals surface area contributed by atoms with E-state index in [1.807, 2.05) is 29.2 Å². The Balaban J connectivity index is 1.65. The maximum Gasteiger partial charge on any atom is 0.305 e. The monoisotopic (exact) mass is 436 g/mol. The summed E-state index contributed by atoms with van der Waals surface area (Å²) in [5.74, 6) is 0.872. The first-order valence-electron chi connectivity index (χ1n) is 10.6. The summed E-state index contributed by atoms with van der Waals surface area (Å²) >= 11 is 6.01. The lowest BCUT2D eigenvalue weighted by Gasteiger charge is -2.36. The minimum Gasteiger partial charge on any atom is -0.469 e. The van der Waals surface area contributed by atoms with E-state index in [1.165, 1.54) is 7.11 Å². The summed E-state index contributed by atoms with van der Waals surface area (Å²) in [7, 11) is 3.21. The van der Waals surface area contributed by atoms with Crippen LogP contribution in [0.2, 0.25) is 5.02 Å². The van der Waals surface area contributed by atoms with Crippen molar-refractivity contribution in [3.05, 3.63) is 34.9 Å². The Hall–Kier alpha value is -2.28. The second-order valence-electron chi connectivity index (χ2n) is 7.39. The number of piperazine rings is 1. The lowest BCUT2D eigenvalue weighted by molar-refractivity contribution is -0.140. The molecule has 1 amide bonds. The summed E-state index contributed by atoms with van der Waals surface area (Å²) in [6.45, 7) is 3.75. The molecule has 0 unspecified atom stereocenters. The van der Waals surface area contributed by atoms with E-state index in [-0.39, 0.29) is 11.9 Å². The first-order chi connectivity index (χ1) is 14.5. The molecule has 30 heavy (non-hydrogen) atoms. The highest BCUT2D eigenvalue weighted by Crippen LogP contribution is 2.13. The van der Waals surface area contributed by atoms with Crippen molar-refractivity contribution in [1.82, 2.24) is 15.1 Å². The van der Waals surface area contributed by atoms with Gasteiger partial charge in [0.25, 0.3) is 0 Å². The zero-order valence-corrected chi connectivity index (χ0v) is 18.8. The van der Waals surface area contributed by atoms with E-state index in [1.54, 1.807) is 7.05 Å². The average molecular weight is 437 g/mol. The van der Waals surface area contributed by atoms with Crippen molar-refractivity contribution < 1.29 is 14.3 Å². The van der Waals surface area contributed by atoms with E-state index in [2.05, 4.69) is 19.9 Å². The number of halogens is 1. The normalized spacial score (nSPS) is 14.6. The van der Waals surface area contributed by atoms with E-state index in [9.17, 15) is 9.59 Å². The number of nitrogens with zero attached hydrogens (tertiary/aromatic N) is 3. The highest BCUT2D eigenvalue weighted by Gasteiger charge is 2.23. The number of benzene rings is 1. The largest absolute Gasteiger partial charge is 0.469 e. The molecule has 1 N–H and O–H groups in total. The molecule has 1 heterocycles. The van der Waals surface area contributed by atoms with Crippen molar-refractivity contribution in [3.63, 3.8) is 0 Å². The second-order valence-corrected chi connectivity index (χ2v) is 7.83. The molecular weight excluding hydrogens is 404 g/mol. The number of amides is 1. The van der Waals surface area contributed by atoms with E-state index in [0.717, 1.165) is 56.8 Å². The van der Waals surface area contributed by atoms with E-state index >= 15 is 0 Å². The number of guanidine groups is 1. The molecule has 0 aromatic heterocycles. The molecular formula is C22H33ClN4O3. The van der Waals surface area contributed by atoms with Crippen LogP contribution in [0.5, 0.6) is 0 Å². The van der Waals surface area contributed by atoms with Crippen LogP contribution >= 0.6 is 11.6 Å². The van der Waals surface area contributed by atoms with E-state index in [4.69, 9.17) is 11.6 Å². The molecule has 1 aromatic rings. The van der Waals surface area contributed by atoms with Gasteiger partial charge in [-0.15, -0.1) is 0 Å². The van der Waals surface area contributed by atoms with Gasteiger partial charge in [-0.1, -0.05) is 36.6 Å². The van der Waals surface area contributed by atoms with Crippen LogP contribution in [0.4, 0.5) is 0 Å². The lowest BCUT2D eigenvalue weighted by Crippen LogP contribution is -2.54. The summed E-state index contributed by atoms with van der Waals surface area (Å²) < 4.78 is 4.65. The molecule has 166 valence electrons. The zero-order valence-electron chi connectivity index (χ0n) is 18.0. The first-order valence-corrected chi connectivity index (χ1v) is 11.0. The van der Waals surface area contributed by atoms with Crippen molar-refractivity contribution >= 4 is 29.4 Å². The fraction of sp³-hybridized carbons (Fsp3) is 0.591. The number of rotatable bonds is 9. The molecule has 2 rings (SSSR count). The van der Waals surface area contributed by atoms with E-state index < -0.39 is 0 Å². The number of hydrogen-bond donors (Lipinski definition) is 1. The lowest BCUT2D eigenvalue weighted by atomic mass is 10.1. The summed E-state index contributed by atoms with van der Waals surface area (Å²) in [6, 6.07) is 7.46. The first kappa shape index (κ1) is 24.0. The van der Waals surface area contributed by atoms with Gasteiger partial charge in [0, 0.05) is 51.2 Å². The van der Waals surface area contributed by atoms with Crippen LogP contribution in [0.25, 0.3) is 0 Å². The fourth-order valence-corrected chi connectivity index (χ4v) is 3.70. The van der Waals surface area contributed by atoms with Gasteiger partial charge >= 0.3 is 5.97 Å². The fourth-order valence-electron chi connectivity index (χ4n) is 3.48. The minimum atomic E-state index is -0.140. The Morgan fingerprint density at radius 1 is 1.10 bits per heavy atom. The molecule has 1 aliphatic rings. The van der Waals surface area contributed by atoms with Gasteiger partial charge in [-0.3, -0.25) is 14.6 Å². The van der Waals surface area contributed by atoms with Gasteiger partial charge in [-0.2, -0.15) is 0 Å². The van der Waals surface area contributed by atoms with Gasteiger partial charge in [0.15, 0.2) is 5.96 Å². The van der Waals surface area contributed by atoms with Gasteiger partial charge in [0.05, 0.1) is 13.5 Å². The van der Waals surface area contributed by atoms with Crippen LogP contribution in [0.1, 0.15) is 37.7 Å².